The van der Waals surface area contributed by atoms with Crippen LogP contribution in [0.1, 0.15) is 37.3 Å². The van der Waals surface area contributed by atoms with E-state index >= 15 is 0 Å². The number of anilines is 1. The van der Waals surface area contributed by atoms with Gasteiger partial charge in [0.2, 0.25) is 5.91 Å². The van der Waals surface area contributed by atoms with Crippen LogP contribution in [0.5, 0.6) is 0 Å². The number of esters is 1. The zero-order chi connectivity index (χ0) is 26.2. The summed E-state index contributed by atoms with van der Waals surface area (Å²) in [6.07, 6.45) is 3.44. The number of aryl methyl sites for hydroxylation is 2. The lowest BCUT2D eigenvalue weighted by atomic mass is 9.71. The zero-order valence-electron chi connectivity index (χ0n) is 21.1. The summed E-state index contributed by atoms with van der Waals surface area (Å²) < 4.78 is 4.69. The van der Waals surface area contributed by atoms with Crippen LogP contribution in [0.2, 0.25) is 0 Å². The van der Waals surface area contributed by atoms with Crippen molar-refractivity contribution in [3.63, 3.8) is 0 Å². The number of thioether (sulfide) groups is 1. The van der Waals surface area contributed by atoms with Crippen molar-refractivity contribution < 1.29 is 24.2 Å². The summed E-state index contributed by atoms with van der Waals surface area (Å²) in [6, 6.07) is 5.20. The van der Waals surface area contributed by atoms with Crippen molar-refractivity contribution in [2.45, 2.75) is 60.9 Å². The van der Waals surface area contributed by atoms with E-state index in [0.29, 0.717) is 32.4 Å². The summed E-state index contributed by atoms with van der Waals surface area (Å²) >= 11 is 5.38. The Morgan fingerprint density at radius 3 is 2.64 bits per heavy atom. The summed E-state index contributed by atoms with van der Waals surface area (Å²) in [5, 5.41) is 9.24. The van der Waals surface area contributed by atoms with Gasteiger partial charge in [-0.1, -0.05) is 40.2 Å². The number of fused-ring (bicyclic) bond motifs is 1. The third kappa shape index (κ3) is 4.31. The van der Waals surface area contributed by atoms with Gasteiger partial charge < -0.3 is 19.6 Å². The molecule has 3 heterocycles. The molecule has 7 nitrogen and oxygen atoms in total. The van der Waals surface area contributed by atoms with Gasteiger partial charge in [0.15, 0.2) is 0 Å². The third-order valence-corrected chi connectivity index (χ3v) is 10.9. The Bertz CT molecular complexity index is 1030. The number of halogens is 1. The van der Waals surface area contributed by atoms with Gasteiger partial charge in [-0.05, 0) is 51.2 Å². The molecule has 3 saturated heterocycles. The highest BCUT2D eigenvalue weighted by Crippen LogP contribution is 2.68. The van der Waals surface area contributed by atoms with Crippen LogP contribution in [-0.4, -0.2) is 75.0 Å². The number of likely N-dealkylation sites (tertiary alicyclic amines) is 1. The molecular formula is C27H35BrN2O5S. The number of hydrogen-bond acceptors (Lipinski definition) is 6. The smallest absolute Gasteiger partial charge is 0.310 e. The number of carbonyl (C=O) groups excluding carboxylic acids is 3. The molecule has 1 N–H and O–H groups in total. The first kappa shape index (κ1) is 27.2. The van der Waals surface area contributed by atoms with Gasteiger partial charge in [-0.25, -0.2) is 0 Å². The van der Waals surface area contributed by atoms with E-state index in [-0.39, 0.29) is 41.1 Å². The highest BCUT2D eigenvalue weighted by molar-refractivity contribution is 9.09. The fourth-order valence-electron chi connectivity index (χ4n) is 6.35. The number of para-hydroxylation sites is 1. The fraction of sp³-hybridized carbons (Fsp3) is 0.593. The standard InChI is InChI=1S/C27H35BrN2O5S/c1-5-12-29(21-16(3)10-9-11-17(21)4)25(33)23-27-15-18(28)22(36-27)19(26(34)35-6-2)20(27)24(32)30(23)13-7-8-14-31/h5,9-11,18-20,22-23,31H,1,6-8,12-15H2,2-4H3/t18?,19-,20+,22-,23?,27?/m1/s1. The molecule has 2 amide bonds. The molecule has 0 radical (unpaired) electrons. The summed E-state index contributed by atoms with van der Waals surface area (Å²) in [4.78, 5) is 45.1. The van der Waals surface area contributed by atoms with Crippen LogP contribution in [-0.2, 0) is 19.1 Å². The number of aliphatic hydroxyl groups excluding tert-OH is 1. The minimum absolute atomic E-state index is 0.00157. The number of benzene rings is 1. The molecule has 196 valence electrons. The lowest BCUT2D eigenvalue weighted by Crippen LogP contribution is -2.56. The molecule has 2 bridgehead atoms. The van der Waals surface area contributed by atoms with Crippen molar-refractivity contribution in [1.29, 1.82) is 0 Å². The van der Waals surface area contributed by atoms with E-state index in [2.05, 4.69) is 22.5 Å². The van der Waals surface area contributed by atoms with Crippen molar-refractivity contribution in [2.75, 3.05) is 31.2 Å². The molecule has 1 aromatic carbocycles. The van der Waals surface area contributed by atoms with Crippen LogP contribution in [0.4, 0.5) is 5.69 Å². The largest absolute Gasteiger partial charge is 0.466 e. The Morgan fingerprint density at radius 2 is 2.03 bits per heavy atom. The molecule has 1 aromatic rings. The van der Waals surface area contributed by atoms with Crippen LogP contribution in [0, 0.1) is 25.7 Å². The highest BCUT2D eigenvalue weighted by atomic mass is 79.9. The predicted octanol–water partition coefficient (Wildman–Crippen LogP) is 3.62. The number of hydrogen-bond donors (Lipinski definition) is 1. The maximum Gasteiger partial charge on any atom is 0.310 e. The van der Waals surface area contributed by atoms with Gasteiger partial charge in [-0.15, -0.1) is 18.3 Å². The molecule has 4 rings (SSSR count). The molecule has 0 saturated carbocycles. The highest BCUT2D eigenvalue weighted by Gasteiger charge is 2.76. The summed E-state index contributed by atoms with van der Waals surface area (Å²) in [5.74, 6) is -1.86. The second kappa shape index (κ2) is 10.9. The van der Waals surface area contributed by atoms with E-state index < -0.39 is 22.6 Å². The molecule has 3 aliphatic heterocycles. The van der Waals surface area contributed by atoms with Crippen LogP contribution >= 0.6 is 27.7 Å². The van der Waals surface area contributed by atoms with Crippen molar-refractivity contribution >= 4 is 51.2 Å². The van der Waals surface area contributed by atoms with Crippen molar-refractivity contribution in [1.82, 2.24) is 4.90 Å². The SMILES string of the molecule is C=CCN(C(=O)C1N(CCCCO)C(=O)[C@@H]2[C@@H](C(=O)OCC)[C@@H]3SC12CC3Br)c1c(C)cccc1C. The number of amides is 2. The number of ether oxygens (including phenoxy) is 1. The minimum atomic E-state index is -0.723. The van der Waals surface area contributed by atoms with Crippen LogP contribution in [0.15, 0.2) is 30.9 Å². The van der Waals surface area contributed by atoms with E-state index in [0.717, 1.165) is 16.8 Å². The Labute approximate surface area is 225 Å². The zero-order valence-corrected chi connectivity index (χ0v) is 23.5. The van der Waals surface area contributed by atoms with Crippen molar-refractivity contribution in [3.8, 4) is 0 Å². The molecule has 3 aliphatic rings. The minimum Gasteiger partial charge on any atom is -0.466 e. The average Bonchev–Trinajstić information content (AvgIpc) is 3.42. The molecule has 0 aromatic heterocycles. The lowest BCUT2D eigenvalue weighted by molar-refractivity contribution is -0.153. The molecule has 36 heavy (non-hydrogen) atoms. The maximum atomic E-state index is 14.6. The van der Waals surface area contributed by atoms with Gasteiger partial charge in [-0.2, -0.15) is 0 Å². The second-order valence-corrected chi connectivity index (χ2v) is 12.6. The van der Waals surface area contributed by atoms with Crippen molar-refractivity contribution in [3.05, 3.63) is 42.0 Å². The number of alkyl halides is 1. The fourth-order valence-corrected chi connectivity index (χ4v) is 9.95. The Kier molecular flexibility index (Phi) is 8.22. The van der Waals surface area contributed by atoms with Gasteiger partial charge in [0.05, 0.1) is 23.2 Å². The number of nitrogens with zero attached hydrogens (tertiary/aromatic N) is 2. The molecule has 3 fully saturated rings. The van der Waals surface area contributed by atoms with Gasteiger partial charge in [0, 0.05) is 35.5 Å². The van der Waals surface area contributed by atoms with Gasteiger partial charge >= 0.3 is 5.97 Å². The van der Waals surface area contributed by atoms with E-state index in [1.165, 1.54) is 0 Å². The lowest BCUT2D eigenvalue weighted by Gasteiger charge is -2.38. The van der Waals surface area contributed by atoms with Crippen LogP contribution < -0.4 is 4.90 Å². The number of rotatable bonds is 10. The van der Waals surface area contributed by atoms with Gasteiger partial charge in [-0.3, -0.25) is 14.4 Å². The molecule has 6 atom stereocenters. The topological polar surface area (TPSA) is 87.2 Å². The van der Waals surface area contributed by atoms with Gasteiger partial charge in [0.1, 0.15) is 6.04 Å². The van der Waals surface area contributed by atoms with E-state index in [9.17, 15) is 19.5 Å². The second-order valence-electron chi connectivity index (χ2n) is 9.86. The number of aliphatic hydroxyl groups is 1. The summed E-state index contributed by atoms with van der Waals surface area (Å²) in [5.41, 5.74) is 2.78. The third-order valence-electron chi connectivity index (χ3n) is 7.68. The quantitative estimate of drug-likeness (QED) is 0.197. The van der Waals surface area contributed by atoms with E-state index in [1.807, 2.05) is 32.0 Å². The average molecular weight is 580 g/mol. The Hall–Kier alpha value is -1.84. The van der Waals surface area contributed by atoms with Crippen LogP contribution in [0.3, 0.4) is 0 Å². The molecule has 0 aliphatic carbocycles. The normalized spacial score (nSPS) is 30.4. The monoisotopic (exact) mass is 578 g/mol. The number of unbranched alkanes of at least 4 members (excludes halogenated alkanes) is 1. The first-order valence-electron chi connectivity index (χ1n) is 12.6. The first-order valence-corrected chi connectivity index (χ1v) is 14.4. The maximum absolute atomic E-state index is 14.6. The molecule has 3 unspecified atom stereocenters. The predicted molar refractivity (Wildman–Crippen MR) is 145 cm³/mol. The van der Waals surface area contributed by atoms with Gasteiger partial charge in [0.25, 0.3) is 5.91 Å². The summed E-state index contributed by atoms with van der Waals surface area (Å²) in [7, 11) is 0. The van der Waals surface area contributed by atoms with E-state index in [1.54, 1.807) is 34.6 Å². The summed E-state index contributed by atoms with van der Waals surface area (Å²) in [6.45, 7) is 10.6. The van der Waals surface area contributed by atoms with Crippen molar-refractivity contribution in [2.24, 2.45) is 11.8 Å². The molecule has 1 spiro atoms. The molecular weight excluding hydrogens is 544 g/mol. The number of carbonyl (C=O) groups is 3. The molecule has 9 heteroatoms. The Morgan fingerprint density at radius 1 is 1.33 bits per heavy atom. The van der Waals surface area contributed by atoms with E-state index in [4.69, 9.17) is 4.74 Å². The first-order chi connectivity index (χ1) is 17.2. The van der Waals surface area contributed by atoms with Crippen LogP contribution in [0.25, 0.3) is 0 Å². The Balaban J connectivity index is 1.81.